The molecule has 2 rings (SSSR count). The number of aliphatic imine (C=N–C) groups is 1. The monoisotopic (exact) mass is 345 g/mol. The van der Waals surface area contributed by atoms with E-state index in [0.29, 0.717) is 11.7 Å². The predicted molar refractivity (Wildman–Crippen MR) is 99.3 cm³/mol. The zero-order valence-corrected chi connectivity index (χ0v) is 14.6. The second-order valence-electron chi connectivity index (χ2n) is 5.55. The van der Waals surface area contributed by atoms with Gasteiger partial charge in [-0.2, -0.15) is 0 Å². The van der Waals surface area contributed by atoms with E-state index in [1.807, 2.05) is 5.38 Å². The van der Waals surface area contributed by atoms with Crippen LogP contribution < -0.4 is 16.8 Å². The number of benzene rings is 1. The van der Waals surface area contributed by atoms with Crippen molar-refractivity contribution in [1.82, 2.24) is 4.98 Å². The molecule has 0 aliphatic rings. The topological polar surface area (TPSA) is 106 Å². The highest BCUT2D eigenvalue weighted by Gasteiger charge is 2.03. The average molecular weight is 345 g/mol. The summed E-state index contributed by atoms with van der Waals surface area (Å²) in [6.45, 7) is 2.10. The summed E-state index contributed by atoms with van der Waals surface area (Å²) in [5.41, 5.74) is 14.2. The number of amides is 1. The molecule has 1 heterocycles. The number of nitrogens with one attached hydrogen (secondary N) is 1. The third kappa shape index (κ3) is 6.37. The van der Waals surface area contributed by atoms with E-state index in [0.717, 1.165) is 31.4 Å². The van der Waals surface area contributed by atoms with Gasteiger partial charge in [-0.05, 0) is 36.8 Å². The Hall–Kier alpha value is -2.41. The summed E-state index contributed by atoms with van der Waals surface area (Å²) in [6.07, 6.45) is 3.77. The molecule has 6 nitrogen and oxygen atoms in total. The Balaban J connectivity index is 1.75. The summed E-state index contributed by atoms with van der Waals surface area (Å²) in [6, 6.07) is 8.54. The van der Waals surface area contributed by atoms with Crippen molar-refractivity contribution in [3.63, 3.8) is 0 Å². The van der Waals surface area contributed by atoms with Crippen LogP contribution in [0.3, 0.4) is 0 Å². The number of hydrogen-bond donors (Lipinski definition) is 3. The predicted octanol–water partition coefficient (Wildman–Crippen LogP) is 2.09. The van der Waals surface area contributed by atoms with E-state index in [1.54, 1.807) is 0 Å². The Morgan fingerprint density at radius 1 is 1.17 bits per heavy atom. The average Bonchev–Trinajstić information content (AvgIpc) is 2.95. The number of anilines is 1. The van der Waals surface area contributed by atoms with Gasteiger partial charge in [-0.15, -0.1) is 11.3 Å². The normalized spacial score (nSPS) is 10.4. The van der Waals surface area contributed by atoms with E-state index in [-0.39, 0.29) is 11.9 Å². The number of aromatic nitrogens is 1. The van der Waals surface area contributed by atoms with Gasteiger partial charge in [-0.3, -0.25) is 9.79 Å². The van der Waals surface area contributed by atoms with Gasteiger partial charge >= 0.3 is 0 Å². The molecule has 0 bridgehead atoms. The van der Waals surface area contributed by atoms with Crippen molar-refractivity contribution in [3.8, 4) is 0 Å². The third-order valence-electron chi connectivity index (χ3n) is 3.45. The lowest BCUT2D eigenvalue weighted by Crippen LogP contribution is -2.23. The highest BCUT2D eigenvalue weighted by molar-refractivity contribution is 7.13. The number of nitrogens with two attached hydrogens (primary N) is 2. The molecule has 0 fully saturated rings. The van der Waals surface area contributed by atoms with Gasteiger partial charge in [0.05, 0.1) is 5.69 Å². The van der Waals surface area contributed by atoms with E-state index >= 15 is 0 Å². The summed E-state index contributed by atoms with van der Waals surface area (Å²) >= 11 is 1.46. The molecule has 0 aliphatic carbocycles. The van der Waals surface area contributed by atoms with Crippen LogP contribution in [0.25, 0.3) is 0 Å². The van der Waals surface area contributed by atoms with Crippen LogP contribution in [0.5, 0.6) is 0 Å². The lowest BCUT2D eigenvalue weighted by molar-refractivity contribution is -0.114. The summed E-state index contributed by atoms with van der Waals surface area (Å²) in [7, 11) is 0. The van der Waals surface area contributed by atoms with Gasteiger partial charge in [0.2, 0.25) is 5.91 Å². The number of nitrogens with zero attached hydrogens (tertiary/aromatic N) is 2. The molecule has 2 aromatic rings. The zero-order valence-electron chi connectivity index (χ0n) is 13.8. The van der Waals surface area contributed by atoms with Gasteiger partial charge in [-0.1, -0.05) is 24.3 Å². The van der Waals surface area contributed by atoms with Crippen LogP contribution >= 0.6 is 11.3 Å². The van der Waals surface area contributed by atoms with Crippen LogP contribution in [-0.2, 0) is 24.1 Å². The Kier molecular flexibility index (Phi) is 6.74. The number of hydrogen-bond acceptors (Lipinski definition) is 4. The van der Waals surface area contributed by atoms with E-state index in [4.69, 9.17) is 11.5 Å². The van der Waals surface area contributed by atoms with E-state index in [1.165, 1.54) is 29.4 Å². The van der Waals surface area contributed by atoms with Crippen LogP contribution in [0.1, 0.15) is 30.2 Å². The van der Waals surface area contributed by atoms with E-state index in [2.05, 4.69) is 39.6 Å². The zero-order chi connectivity index (χ0) is 17.4. The molecule has 0 unspecified atom stereocenters. The minimum atomic E-state index is -0.0872. The molecular formula is C17H23N5OS. The summed E-state index contributed by atoms with van der Waals surface area (Å²) < 4.78 is 0. The maximum absolute atomic E-state index is 11.0. The molecule has 1 amide bonds. The highest BCUT2D eigenvalue weighted by atomic mass is 32.1. The minimum absolute atomic E-state index is 0.0872. The number of rotatable bonds is 8. The summed E-state index contributed by atoms with van der Waals surface area (Å²) in [5.74, 6) is 0.0474. The van der Waals surface area contributed by atoms with Crippen molar-refractivity contribution in [2.45, 2.75) is 32.6 Å². The SMILES string of the molecule is CC(=O)Nc1nc(CCCc2ccc(CCN=C(N)N)cc2)cs1. The molecule has 1 aromatic carbocycles. The van der Waals surface area contributed by atoms with Crippen molar-refractivity contribution >= 4 is 28.3 Å². The quantitative estimate of drug-likeness (QED) is 0.503. The van der Waals surface area contributed by atoms with Gasteiger partial charge in [0.25, 0.3) is 0 Å². The van der Waals surface area contributed by atoms with Gasteiger partial charge in [0.1, 0.15) is 0 Å². The van der Waals surface area contributed by atoms with Gasteiger partial charge in [0, 0.05) is 18.8 Å². The first-order valence-electron chi connectivity index (χ1n) is 7.88. The maximum atomic E-state index is 11.0. The first-order valence-corrected chi connectivity index (χ1v) is 8.76. The molecule has 24 heavy (non-hydrogen) atoms. The molecule has 0 saturated heterocycles. The first-order chi connectivity index (χ1) is 11.5. The standard InChI is InChI=1S/C17H23N5OS/c1-12(23)21-17-22-15(11-24-17)4-2-3-13-5-7-14(8-6-13)9-10-20-16(18)19/h5-8,11H,2-4,9-10H2,1H3,(H4,18,19,20)(H,21,22,23). The molecule has 0 spiro atoms. The fraction of sp³-hybridized carbons (Fsp3) is 0.353. The Morgan fingerprint density at radius 2 is 1.83 bits per heavy atom. The van der Waals surface area contributed by atoms with Gasteiger partial charge < -0.3 is 16.8 Å². The van der Waals surface area contributed by atoms with Crippen molar-refractivity contribution in [2.75, 3.05) is 11.9 Å². The van der Waals surface area contributed by atoms with Crippen LogP contribution in [0.4, 0.5) is 5.13 Å². The smallest absolute Gasteiger partial charge is 0.223 e. The molecular weight excluding hydrogens is 322 g/mol. The Bertz CT molecular complexity index is 689. The number of thiazole rings is 1. The van der Waals surface area contributed by atoms with Gasteiger partial charge in [0.15, 0.2) is 11.1 Å². The molecule has 7 heteroatoms. The van der Waals surface area contributed by atoms with E-state index in [9.17, 15) is 4.79 Å². The third-order valence-corrected chi connectivity index (χ3v) is 4.26. The maximum Gasteiger partial charge on any atom is 0.223 e. The van der Waals surface area contributed by atoms with Crippen LogP contribution in [0, 0.1) is 0 Å². The number of aryl methyl sites for hydroxylation is 2. The van der Waals surface area contributed by atoms with Crippen molar-refractivity contribution in [2.24, 2.45) is 16.5 Å². The molecule has 0 saturated carbocycles. The van der Waals surface area contributed by atoms with Crippen LogP contribution in [0.2, 0.25) is 0 Å². The number of carbonyl (C=O) groups is 1. The molecule has 0 atom stereocenters. The van der Waals surface area contributed by atoms with Crippen molar-refractivity contribution < 1.29 is 4.79 Å². The van der Waals surface area contributed by atoms with Gasteiger partial charge in [-0.25, -0.2) is 4.98 Å². The number of guanidine groups is 1. The Labute approximate surface area is 146 Å². The van der Waals surface area contributed by atoms with E-state index < -0.39 is 0 Å². The lowest BCUT2D eigenvalue weighted by Gasteiger charge is -2.03. The first kappa shape index (κ1) is 17.9. The fourth-order valence-corrected chi connectivity index (χ4v) is 3.08. The molecule has 1 aromatic heterocycles. The molecule has 0 aliphatic heterocycles. The minimum Gasteiger partial charge on any atom is -0.370 e. The highest BCUT2D eigenvalue weighted by Crippen LogP contribution is 2.17. The summed E-state index contributed by atoms with van der Waals surface area (Å²) in [4.78, 5) is 19.4. The second-order valence-corrected chi connectivity index (χ2v) is 6.41. The van der Waals surface area contributed by atoms with Crippen molar-refractivity contribution in [3.05, 3.63) is 46.5 Å². The Morgan fingerprint density at radius 3 is 2.46 bits per heavy atom. The largest absolute Gasteiger partial charge is 0.370 e. The van der Waals surface area contributed by atoms with Crippen molar-refractivity contribution in [1.29, 1.82) is 0 Å². The lowest BCUT2D eigenvalue weighted by atomic mass is 10.0. The molecule has 5 N–H and O–H groups in total. The molecule has 128 valence electrons. The fourth-order valence-electron chi connectivity index (χ4n) is 2.29. The van der Waals surface area contributed by atoms with Crippen LogP contribution in [0.15, 0.2) is 34.6 Å². The second kappa shape index (κ2) is 9.02. The number of carbonyl (C=O) groups excluding carboxylic acids is 1. The molecule has 0 radical (unpaired) electrons. The summed E-state index contributed by atoms with van der Waals surface area (Å²) in [5, 5.41) is 5.37. The van der Waals surface area contributed by atoms with Crippen LogP contribution in [-0.4, -0.2) is 23.4 Å².